The Morgan fingerprint density at radius 1 is 1.04 bits per heavy atom. The van der Waals surface area contributed by atoms with Gasteiger partial charge < -0.3 is 5.73 Å². The third-order valence-corrected chi connectivity index (χ3v) is 7.48. The van der Waals surface area contributed by atoms with E-state index >= 15 is 0 Å². The summed E-state index contributed by atoms with van der Waals surface area (Å²) in [5.74, 6) is 0. The Bertz CT molecular complexity index is 1080. The molecule has 0 radical (unpaired) electrons. The van der Waals surface area contributed by atoms with Gasteiger partial charge in [-0.25, -0.2) is 4.98 Å². The molecule has 2 N–H and O–H groups in total. The molecule has 3 aromatic rings. The predicted molar refractivity (Wildman–Crippen MR) is 120 cm³/mol. The van der Waals surface area contributed by atoms with Crippen molar-refractivity contribution in [3.05, 3.63) is 82.9 Å². The number of hydrogen-bond donors (Lipinski definition) is 1. The second kappa shape index (κ2) is 6.59. The van der Waals surface area contributed by atoms with E-state index in [0.29, 0.717) is 5.13 Å². The van der Waals surface area contributed by atoms with Gasteiger partial charge in [-0.3, -0.25) is 0 Å². The monoisotopic (exact) mass is 386 g/mol. The van der Waals surface area contributed by atoms with Gasteiger partial charge in [-0.1, -0.05) is 80.5 Å². The molecule has 3 heteroatoms. The average molecular weight is 387 g/mol. The summed E-state index contributed by atoms with van der Waals surface area (Å²) in [6.07, 6.45) is 13.2. The molecular formula is C25H26N2S. The molecule has 0 amide bonds. The van der Waals surface area contributed by atoms with Gasteiger partial charge in [0.25, 0.3) is 0 Å². The van der Waals surface area contributed by atoms with Crippen LogP contribution >= 0.6 is 11.3 Å². The number of fused-ring (bicyclic) bond motifs is 1. The standard InChI is InChI=1S/C25H26N2S/c1-24(21-10-6-8-18-7-2-3-9-20(18)21)15-11-19(12-16-24)25(13-4-5-14-25)22-17-28-23(26)27-22/h2-3,6-12,15,17H,4-5,13-14,16H2,1H3,(H2,26,27). The molecule has 1 saturated carbocycles. The lowest BCUT2D eigenvalue weighted by Gasteiger charge is -2.35. The Morgan fingerprint density at radius 2 is 1.82 bits per heavy atom. The summed E-state index contributed by atoms with van der Waals surface area (Å²) in [4.78, 5) is 4.70. The third kappa shape index (κ3) is 2.72. The first kappa shape index (κ1) is 17.7. The molecule has 5 rings (SSSR count). The lowest BCUT2D eigenvalue weighted by molar-refractivity contribution is 0.503. The van der Waals surface area contributed by atoms with Crippen LogP contribution in [0.1, 0.15) is 50.3 Å². The van der Waals surface area contributed by atoms with E-state index in [1.807, 2.05) is 0 Å². The van der Waals surface area contributed by atoms with Gasteiger partial charge in [0.2, 0.25) is 0 Å². The van der Waals surface area contributed by atoms with Crippen LogP contribution in [0.25, 0.3) is 10.8 Å². The zero-order chi connectivity index (χ0) is 19.2. The van der Waals surface area contributed by atoms with Crippen molar-refractivity contribution in [3.8, 4) is 0 Å². The molecule has 1 aromatic heterocycles. The summed E-state index contributed by atoms with van der Waals surface area (Å²) in [6, 6.07) is 15.4. The van der Waals surface area contributed by atoms with Crippen LogP contribution < -0.4 is 5.73 Å². The van der Waals surface area contributed by atoms with Crippen molar-refractivity contribution in [2.75, 3.05) is 5.73 Å². The molecular weight excluding hydrogens is 360 g/mol. The van der Waals surface area contributed by atoms with E-state index in [1.54, 1.807) is 11.3 Å². The van der Waals surface area contributed by atoms with Crippen LogP contribution in [0.3, 0.4) is 0 Å². The Morgan fingerprint density at radius 3 is 2.54 bits per heavy atom. The molecule has 1 unspecified atom stereocenters. The van der Waals surface area contributed by atoms with Crippen molar-refractivity contribution >= 4 is 27.2 Å². The molecule has 28 heavy (non-hydrogen) atoms. The third-order valence-electron chi connectivity index (χ3n) is 6.80. The van der Waals surface area contributed by atoms with Crippen LogP contribution in [0.15, 0.2) is 71.6 Å². The normalized spacial score (nSPS) is 23.8. The number of thiazole rings is 1. The fraction of sp³-hybridized carbons (Fsp3) is 0.320. The summed E-state index contributed by atoms with van der Waals surface area (Å²) in [5, 5.41) is 5.53. The van der Waals surface area contributed by atoms with E-state index in [9.17, 15) is 0 Å². The second-order valence-corrected chi connectivity index (χ2v) is 9.39. The maximum Gasteiger partial charge on any atom is 0.180 e. The summed E-state index contributed by atoms with van der Waals surface area (Å²) in [5.41, 5.74) is 10.1. The van der Waals surface area contributed by atoms with Crippen LogP contribution in [-0.4, -0.2) is 4.98 Å². The number of aromatic nitrogens is 1. The number of nitrogens with zero attached hydrogens (tertiary/aromatic N) is 1. The molecule has 1 fully saturated rings. The highest BCUT2D eigenvalue weighted by Gasteiger charge is 2.41. The second-order valence-electron chi connectivity index (χ2n) is 8.50. The van der Waals surface area contributed by atoms with Crippen molar-refractivity contribution in [3.63, 3.8) is 0 Å². The van der Waals surface area contributed by atoms with E-state index < -0.39 is 0 Å². The summed E-state index contributed by atoms with van der Waals surface area (Å²) >= 11 is 1.57. The zero-order valence-corrected chi connectivity index (χ0v) is 17.1. The fourth-order valence-corrected chi connectivity index (χ4v) is 5.85. The minimum atomic E-state index is 0.0191. The fourth-order valence-electron chi connectivity index (χ4n) is 5.19. The maximum atomic E-state index is 5.98. The van der Waals surface area contributed by atoms with Gasteiger partial charge in [0.15, 0.2) is 5.13 Å². The van der Waals surface area contributed by atoms with Crippen LogP contribution in [0.2, 0.25) is 0 Å². The minimum Gasteiger partial charge on any atom is -0.375 e. The minimum absolute atomic E-state index is 0.0191. The predicted octanol–water partition coefficient (Wildman–Crippen LogP) is 6.53. The molecule has 0 saturated heterocycles. The molecule has 142 valence electrons. The Labute approximate surface area is 170 Å². The summed E-state index contributed by atoms with van der Waals surface area (Å²) < 4.78 is 0. The number of hydrogen-bond acceptors (Lipinski definition) is 3. The van der Waals surface area contributed by atoms with Gasteiger partial charge >= 0.3 is 0 Å². The molecule has 0 aliphatic heterocycles. The number of anilines is 1. The first-order chi connectivity index (χ1) is 13.6. The lowest BCUT2D eigenvalue weighted by Crippen LogP contribution is -2.29. The van der Waals surface area contributed by atoms with E-state index in [-0.39, 0.29) is 10.8 Å². The molecule has 2 aliphatic carbocycles. The average Bonchev–Trinajstić information content (AvgIpc) is 3.38. The topological polar surface area (TPSA) is 38.9 Å². The molecule has 0 spiro atoms. The maximum absolute atomic E-state index is 5.98. The van der Waals surface area contributed by atoms with Crippen molar-refractivity contribution in [2.45, 2.75) is 49.9 Å². The van der Waals surface area contributed by atoms with Crippen molar-refractivity contribution < 1.29 is 0 Å². The van der Waals surface area contributed by atoms with Gasteiger partial charge in [-0.05, 0) is 41.2 Å². The van der Waals surface area contributed by atoms with Crippen LogP contribution in [0.5, 0.6) is 0 Å². The lowest BCUT2D eigenvalue weighted by atomic mass is 9.68. The molecule has 1 heterocycles. The highest BCUT2D eigenvalue weighted by Crippen LogP contribution is 2.50. The van der Waals surface area contributed by atoms with Gasteiger partial charge in [0.05, 0.1) is 5.69 Å². The Kier molecular flexibility index (Phi) is 4.17. The van der Waals surface area contributed by atoms with Gasteiger partial charge in [-0.2, -0.15) is 0 Å². The quantitative estimate of drug-likeness (QED) is 0.555. The van der Waals surface area contributed by atoms with Gasteiger partial charge in [0, 0.05) is 16.2 Å². The molecule has 2 aromatic carbocycles. The number of nitrogen functional groups attached to an aromatic ring is 1. The van der Waals surface area contributed by atoms with Gasteiger partial charge in [0.1, 0.15) is 0 Å². The Balaban J connectivity index is 1.53. The van der Waals surface area contributed by atoms with Crippen LogP contribution in [-0.2, 0) is 10.8 Å². The highest BCUT2D eigenvalue weighted by molar-refractivity contribution is 7.13. The molecule has 2 nitrogen and oxygen atoms in total. The largest absolute Gasteiger partial charge is 0.375 e. The molecule has 1 atom stereocenters. The van der Waals surface area contributed by atoms with E-state index in [2.05, 4.69) is 73.0 Å². The number of benzene rings is 2. The molecule has 0 bridgehead atoms. The van der Waals surface area contributed by atoms with Gasteiger partial charge in [-0.15, -0.1) is 11.3 Å². The first-order valence-electron chi connectivity index (χ1n) is 10.2. The van der Waals surface area contributed by atoms with Crippen LogP contribution in [0.4, 0.5) is 5.13 Å². The van der Waals surface area contributed by atoms with Crippen LogP contribution in [0, 0.1) is 0 Å². The van der Waals surface area contributed by atoms with E-state index in [1.165, 1.54) is 53.3 Å². The SMILES string of the molecule is CC1(c2cccc3ccccc23)C=CC(C2(c3csc(N)n3)CCCC2)=CC1. The first-order valence-corrected chi connectivity index (χ1v) is 11.1. The van der Waals surface area contributed by atoms with E-state index in [4.69, 9.17) is 10.7 Å². The summed E-state index contributed by atoms with van der Waals surface area (Å²) in [6.45, 7) is 2.36. The number of allylic oxidation sites excluding steroid dienone is 4. The number of nitrogens with two attached hydrogens (primary N) is 1. The van der Waals surface area contributed by atoms with Crippen molar-refractivity contribution in [2.24, 2.45) is 0 Å². The Hall–Kier alpha value is -2.39. The van der Waals surface area contributed by atoms with Crippen molar-refractivity contribution in [1.29, 1.82) is 0 Å². The smallest absolute Gasteiger partial charge is 0.180 e. The van der Waals surface area contributed by atoms with E-state index in [0.717, 1.165) is 6.42 Å². The number of rotatable bonds is 3. The zero-order valence-electron chi connectivity index (χ0n) is 16.3. The molecule has 2 aliphatic rings. The highest BCUT2D eigenvalue weighted by atomic mass is 32.1. The van der Waals surface area contributed by atoms with Crippen molar-refractivity contribution in [1.82, 2.24) is 4.98 Å². The summed E-state index contributed by atoms with van der Waals surface area (Å²) in [7, 11) is 0.